The molecule has 2 amide bonds. The van der Waals surface area contributed by atoms with Crippen LogP contribution in [0.4, 0.5) is 0 Å². The number of likely N-dealkylation sites (tertiary alicyclic amines) is 1. The zero-order valence-corrected chi connectivity index (χ0v) is 19.9. The summed E-state index contributed by atoms with van der Waals surface area (Å²) in [5.41, 5.74) is 1.96. The molecule has 1 aromatic rings. The Morgan fingerprint density at radius 1 is 1.03 bits per heavy atom. The van der Waals surface area contributed by atoms with Crippen LogP contribution in [0, 0.1) is 11.8 Å². The van der Waals surface area contributed by atoms with Crippen LogP contribution in [-0.2, 0) is 16.0 Å². The number of nitrogens with one attached hydrogen (secondary N) is 1. The Morgan fingerprint density at radius 2 is 1.72 bits per heavy atom. The molecule has 3 aliphatic rings. The number of carbonyl (C=O) groups is 2. The van der Waals surface area contributed by atoms with E-state index in [1.54, 1.807) is 0 Å². The monoisotopic (exact) mass is 440 g/mol. The van der Waals surface area contributed by atoms with Gasteiger partial charge in [-0.2, -0.15) is 0 Å². The summed E-state index contributed by atoms with van der Waals surface area (Å²) < 4.78 is 6.46. The molecule has 4 rings (SSSR count). The highest BCUT2D eigenvalue weighted by atomic mass is 16.5. The third-order valence-electron chi connectivity index (χ3n) is 7.63. The summed E-state index contributed by atoms with van der Waals surface area (Å²) in [5, 5.41) is 3.15. The Bertz CT molecular complexity index is 775. The number of ether oxygens (including phenoxy) is 1. The van der Waals surface area contributed by atoms with E-state index < -0.39 is 0 Å². The third kappa shape index (κ3) is 5.72. The zero-order chi connectivity index (χ0) is 22.6. The van der Waals surface area contributed by atoms with Gasteiger partial charge < -0.3 is 15.0 Å². The normalized spacial score (nSPS) is 23.6. The molecule has 0 unspecified atom stereocenters. The molecule has 1 N–H and O–H groups in total. The number of benzene rings is 1. The Kier molecular flexibility index (Phi) is 7.55. The van der Waals surface area contributed by atoms with E-state index in [0.29, 0.717) is 12.5 Å². The lowest BCUT2D eigenvalue weighted by molar-refractivity contribution is -0.127. The quantitative estimate of drug-likeness (QED) is 0.695. The summed E-state index contributed by atoms with van der Waals surface area (Å²) in [6, 6.07) is 8.12. The molecule has 3 fully saturated rings. The predicted octanol–water partition coefficient (Wildman–Crippen LogP) is 4.74. The molecular formula is C27H40N2O3. The second-order valence-electron chi connectivity index (χ2n) is 10.6. The summed E-state index contributed by atoms with van der Waals surface area (Å²) in [6.45, 7) is 6.54. The van der Waals surface area contributed by atoms with Gasteiger partial charge in [0.2, 0.25) is 5.91 Å². The van der Waals surface area contributed by atoms with Crippen molar-refractivity contribution >= 4 is 11.8 Å². The molecule has 0 bridgehead atoms. The van der Waals surface area contributed by atoms with Gasteiger partial charge in [0.25, 0.3) is 5.91 Å². The van der Waals surface area contributed by atoms with Gasteiger partial charge in [-0.15, -0.1) is 0 Å². The van der Waals surface area contributed by atoms with Gasteiger partial charge in [0.1, 0.15) is 0 Å². The number of hydrogen-bond donors (Lipinski definition) is 1. The van der Waals surface area contributed by atoms with E-state index >= 15 is 0 Å². The zero-order valence-electron chi connectivity index (χ0n) is 19.9. The van der Waals surface area contributed by atoms with Crippen LogP contribution in [-0.4, -0.2) is 48.1 Å². The molecule has 2 aliphatic heterocycles. The van der Waals surface area contributed by atoms with E-state index in [4.69, 9.17) is 4.74 Å². The Labute approximate surface area is 193 Å². The second-order valence-corrected chi connectivity index (χ2v) is 10.6. The smallest absolute Gasteiger partial charge is 0.253 e. The van der Waals surface area contributed by atoms with Crippen molar-refractivity contribution in [2.45, 2.75) is 89.8 Å². The van der Waals surface area contributed by atoms with Crippen molar-refractivity contribution in [1.82, 2.24) is 10.2 Å². The number of carbonyl (C=O) groups excluding carboxylic acids is 2. The van der Waals surface area contributed by atoms with Crippen LogP contribution in [0.5, 0.6) is 0 Å². The first-order valence-electron chi connectivity index (χ1n) is 12.8. The van der Waals surface area contributed by atoms with Gasteiger partial charge in [-0.25, -0.2) is 0 Å². The minimum atomic E-state index is -0.113. The van der Waals surface area contributed by atoms with E-state index in [2.05, 4.69) is 31.3 Å². The van der Waals surface area contributed by atoms with Gasteiger partial charge in [0.05, 0.1) is 11.7 Å². The van der Waals surface area contributed by atoms with Crippen molar-refractivity contribution in [3.05, 3.63) is 35.4 Å². The van der Waals surface area contributed by atoms with Crippen molar-refractivity contribution in [3.63, 3.8) is 0 Å². The van der Waals surface area contributed by atoms with Gasteiger partial charge in [-0.3, -0.25) is 9.59 Å². The van der Waals surface area contributed by atoms with Crippen molar-refractivity contribution < 1.29 is 14.3 Å². The van der Waals surface area contributed by atoms with Crippen molar-refractivity contribution in [3.8, 4) is 0 Å². The second kappa shape index (κ2) is 10.4. The van der Waals surface area contributed by atoms with Crippen molar-refractivity contribution in [2.75, 3.05) is 19.6 Å². The standard InChI is InChI=1S/C27H40N2O3/c1-20(2)18-21-8-10-23(11-9-21)26(31)29-16-14-27(15-17-29)13-12-24(32-27)19-28-25(30)22-6-4-3-5-7-22/h8-11,20,22,24H,3-7,12-19H2,1-2H3,(H,28,30)/t24-/m1/s1. The van der Waals surface area contributed by atoms with Gasteiger partial charge in [0, 0.05) is 31.1 Å². The van der Waals surface area contributed by atoms with Crippen LogP contribution in [0.2, 0.25) is 0 Å². The summed E-state index contributed by atoms with van der Waals surface area (Å²) in [4.78, 5) is 27.4. The van der Waals surface area contributed by atoms with Gasteiger partial charge >= 0.3 is 0 Å². The molecule has 5 nitrogen and oxygen atoms in total. The van der Waals surface area contributed by atoms with E-state index in [1.165, 1.54) is 24.8 Å². The number of hydrogen-bond acceptors (Lipinski definition) is 3. The van der Waals surface area contributed by atoms with Crippen LogP contribution in [0.15, 0.2) is 24.3 Å². The minimum absolute atomic E-state index is 0.110. The first-order chi connectivity index (χ1) is 15.4. The number of rotatable bonds is 6. The lowest BCUT2D eigenvalue weighted by Gasteiger charge is -2.39. The maximum atomic E-state index is 13.0. The minimum Gasteiger partial charge on any atom is -0.370 e. The molecule has 176 valence electrons. The summed E-state index contributed by atoms with van der Waals surface area (Å²) in [5.74, 6) is 1.16. The molecule has 2 heterocycles. The SMILES string of the molecule is CC(C)Cc1ccc(C(=O)N2CCC3(CC[C@H](CNC(=O)C4CCCCC4)O3)CC2)cc1. The van der Waals surface area contributed by atoms with Crippen LogP contribution in [0.25, 0.3) is 0 Å². The molecule has 1 aliphatic carbocycles. The van der Waals surface area contributed by atoms with Crippen LogP contribution >= 0.6 is 0 Å². The third-order valence-corrected chi connectivity index (χ3v) is 7.63. The van der Waals surface area contributed by atoms with Crippen LogP contribution in [0.1, 0.15) is 87.6 Å². The molecular weight excluding hydrogens is 400 g/mol. The molecule has 1 atom stereocenters. The highest BCUT2D eigenvalue weighted by molar-refractivity contribution is 5.94. The van der Waals surface area contributed by atoms with Crippen LogP contribution < -0.4 is 5.32 Å². The molecule has 32 heavy (non-hydrogen) atoms. The van der Waals surface area contributed by atoms with E-state index in [-0.39, 0.29) is 29.4 Å². The molecule has 0 aromatic heterocycles. The fourth-order valence-electron chi connectivity index (χ4n) is 5.69. The maximum Gasteiger partial charge on any atom is 0.253 e. The summed E-state index contributed by atoms with van der Waals surface area (Å²) in [6.07, 6.45) is 10.6. The molecule has 5 heteroatoms. The summed E-state index contributed by atoms with van der Waals surface area (Å²) >= 11 is 0. The largest absolute Gasteiger partial charge is 0.370 e. The highest BCUT2D eigenvalue weighted by Crippen LogP contribution is 2.39. The first kappa shape index (κ1) is 23.3. The number of amides is 2. The predicted molar refractivity (Wildman–Crippen MR) is 127 cm³/mol. The molecule has 1 saturated carbocycles. The maximum absolute atomic E-state index is 13.0. The molecule has 2 saturated heterocycles. The van der Waals surface area contributed by atoms with Crippen molar-refractivity contribution in [1.29, 1.82) is 0 Å². The fraction of sp³-hybridized carbons (Fsp3) is 0.704. The average molecular weight is 441 g/mol. The lowest BCUT2D eigenvalue weighted by Crippen LogP contribution is -2.47. The highest BCUT2D eigenvalue weighted by Gasteiger charge is 2.43. The number of nitrogens with zero attached hydrogens (tertiary/aromatic N) is 1. The summed E-state index contributed by atoms with van der Waals surface area (Å²) in [7, 11) is 0. The average Bonchev–Trinajstić information content (AvgIpc) is 3.20. The van der Waals surface area contributed by atoms with Gasteiger partial charge in [-0.05, 0) is 68.6 Å². The topological polar surface area (TPSA) is 58.6 Å². The van der Waals surface area contributed by atoms with Gasteiger partial charge in [0.15, 0.2) is 0 Å². The van der Waals surface area contributed by atoms with Crippen molar-refractivity contribution in [2.24, 2.45) is 11.8 Å². The molecule has 0 radical (unpaired) electrons. The Hall–Kier alpha value is -1.88. The van der Waals surface area contributed by atoms with E-state index in [9.17, 15) is 9.59 Å². The Balaban J connectivity index is 1.22. The first-order valence-corrected chi connectivity index (χ1v) is 12.8. The van der Waals surface area contributed by atoms with E-state index in [0.717, 1.165) is 63.6 Å². The van der Waals surface area contributed by atoms with E-state index in [1.807, 2.05) is 17.0 Å². The fourth-order valence-corrected chi connectivity index (χ4v) is 5.69. The molecule has 1 spiro atoms. The molecule has 1 aromatic carbocycles. The van der Waals surface area contributed by atoms with Gasteiger partial charge in [-0.1, -0.05) is 45.2 Å². The number of piperidine rings is 1. The Morgan fingerprint density at radius 3 is 2.38 bits per heavy atom. The van der Waals surface area contributed by atoms with Crippen LogP contribution in [0.3, 0.4) is 0 Å². The lowest BCUT2D eigenvalue weighted by atomic mass is 9.88.